The maximum absolute atomic E-state index is 11.7. The van der Waals surface area contributed by atoms with Crippen LogP contribution < -0.4 is 10.6 Å². The van der Waals surface area contributed by atoms with Crippen LogP contribution in [0.15, 0.2) is 0 Å². The van der Waals surface area contributed by atoms with E-state index >= 15 is 0 Å². The SMILES string of the molecule is O=C(NCC1CCCCC1O)[C@@H]1CCCN1. The molecule has 1 heterocycles. The van der Waals surface area contributed by atoms with E-state index in [2.05, 4.69) is 10.6 Å². The van der Waals surface area contributed by atoms with E-state index in [1.165, 1.54) is 6.42 Å². The molecule has 1 saturated carbocycles. The van der Waals surface area contributed by atoms with Crippen LogP contribution in [0.2, 0.25) is 0 Å². The molecule has 4 heteroatoms. The number of carbonyl (C=O) groups is 1. The van der Waals surface area contributed by atoms with Gasteiger partial charge in [-0.3, -0.25) is 4.79 Å². The van der Waals surface area contributed by atoms with Gasteiger partial charge in [0.2, 0.25) is 5.91 Å². The first kappa shape index (κ1) is 11.9. The minimum Gasteiger partial charge on any atom is -0.393 e. The van der Waals surface area contributed by atoms with Gasteiger partial charge in [0.1, 0.15) is 0 Å². The number of carbonyl (C=O) groups excluding carboxylic acids is 1. The molecule has 0 aromatic carbocycles. The van der Waals surface area contributed by atoms with Gasteiger partial charge in [0, 0.05) is 12.5 Å². The Balaban J connectivity index is 1.71. The average molecular weight is 226 g/mol. The Hall–Kier alpha value is -0.610. The lowest BCUT2D eigenvalue weighted by molar-refractivity contribution is -0.123. The summed E-state index contributed by atoms with van der Waals surface area (Å²) in [6.07, 6.45) is 6.05. The Kier molecular flexibility index (Phi) is 4.18. The smallest absolute Gasteiger partial charge is 0.237 e. The van der Waals surface area contributed by atoms with Crippen molar-refractivity contribution in [1.82, 2.24) is 10.6 Å². The van der Waals surface area contributed by atoms with Crippen molar-refractivity contribution in [3.8, 4) is 0 Å². The maximum atomic E-state index is 11.7. The monoisotopic (exact) mass is 226 g/mol. The van der Waals surface area contributed by atoms with Gasteiger partial charge in [0.05, 0.1) is 12.1 Å². The van der Waals surface area contributed by atoms with Crippen molar-refractivity contribution in [2.75, 3.05) is 13.1 Å². The summed E-state index contributed by atoms with van der Waals surface area (Å²) in [5, 5.41) is 15.9. The summed E-state index contributed by atoms with van der Waals surface area (Å²) in [4.78, 5) is 11.7. The van der Waals surface area contributed by atoms with Crippen LogP contribution in [0.3, 0.4) is 0 Å². The molecule has 2 aliphatic rings. The molecule has 16 heavy (non-hydrogen) atoms. The summed E-state index contributed by atoms with van der Waals surface area (Å²) in [7, 11) is 0. The van der Waals surface area contributed by atoms with E-state index in [1.54, 1.807) is 0 Å². The Morgan fingerprint density at radius 2 is 2.06 bits per heavy atom. The molecule has 0 bridgehead atoms. The normalized spacial score (nSPS) is 34.9. The fourth-order valence-electron chi connectivity index (χ4n) is 2.69. The maximum Gasteiger partial charge on any atom is 0.237 e. The lowest BCUT2D eigenvalue weighted by atomic mass is 9.86. The van der Waals surface area contributed by atoms with Crippen molar-refractivity contribution in [1.29, 1.82) is 0 Å². The zero-order valence-corrected chi connectivity index (χ0v) is 9.74. The van der Waals surface area contributed by atoms with Crippen molar-refractivity contribution in [3.63, 3.8) is 0 Å². The fraction of sp³-hybridized carbons (Fsp3) is 0.917. The molecule has 0 aromatic rings. The molecular weight excluding hydrogens is 204 g/mol. The van der Waals surface area contributed by atoms with Crippen LogP contribution in [-0.4, -0.2) is 36.2 Å². The van der Waals surface area contributed by atoms with Crippen LogP contribution in [0.25, 0.3) is 0 Å². The highest BCUT2D eigenvalue weighted by molar-refractivity contribution is 5.81. The molecule has 3 atom stereocenters. The molecule has 4 nitrogen and oxygen atoms in total. The molecule has 0 spiro atoms. The van der Waals surface area contributed by atoms with Gasteiger partial charge in [-0.25, -0.2) is 0 Å². The van der Waals surface area contributed by atoms with Crippen LogP contribution in [0.4, 0.5) is 0 Å². The third-order valence-corrected chi connectivity index (χ3v) is 3.78. The van der Waals surface area contributed by atoms with Crippen molar-refractivity contribution < 1.29 is 9.90 Å². The number of aliphatic hydroxyl groups is 1. The van der Waals surface area contributed by atoms with Gasteiger partial charge in [0.25, 0.3) is 0 Å². The van der Waals surface area contributed by atoms with Crippen LogP contribution in [0.1, 0.15) is 38.5 Å². The van der Waals surface area contributed by atoms with Crippen LogP contribution in [0.5, 0.6) is 0 Å². The summed E-state index contributed by atoms with van der Waals surface area (Å²) in [6, 6.07) is 0.000679. The Morgan fingerprint density at radius 3 is 2.75 bits per heavy atom. The summed E-state index contributed by atoms with van der Waals surface area (Å²) in [5.41, 5.74) is 0. The van der Waals surface area contributed by atoms with Gasteiger partial charge in [-0.05, 0) is 32.2 Å². The molecule has 1 aliphatic carbocycles. The van der Waals surface area contributed by atoms with Crippen LogP contribution in [-0.2, 0) is 4.79 Å². The standard InChI is InChI=1S/C12H22N2O2/c15-11-6-2-1-4-9(11)8-14-12(16)10-5-3-7-13-10/h9-11,13,15H,1-8H2,(H,14,16)/t9?,10-,11?/m0/s1. The van der Waals surface area contributed by atoms with E-state index in [4.69, 9.17) is 0 Å². The molecule has 1 aliphatic heterocycles. The lowest BCUT2D eigenvalue weighted by Gasteiger charge is -2.28. The highest BCUT2D eigenvalue weighted by atomic mass is 16.3. The van der Waals surface area contributed by atoms with Gasteiger partial charge >= 0.3 is 0 Å². The zero-order chi connectivity index (χ0) is 11.4. The van der Waals surface area contributed by atoms with Gasteiger partial charge in [-0.1, -0.05) is 12.8 Å². The molecule has 2 rings (SSSR count). The highest BCUT2D eigenvalue weighted by Gasteiger charge is 2.26. The number of hydrogen-bond acceptors (Lipinski definition) is 3. The molecule has 1 amide bonds. The number of amides is 1. The van der Waals surface area contributed by atoms with Crippen LogP contribution in [0, 0.1) is 5.92 Å². The first-order chi connectivity index (χ1) is 7.77. The number of nitrogens with one attached hydrogen (secondary N) is 2. The third kappa shape index (κ3) is 2.95. The molecule has 1 saturated heterocycles. The lowest BCUT2D eigenvalue weighted by Crippen LogP contribution is -2.44. The molecule has 2 unspecified atom stereocenters. The average Bonchev–Trinajstić information content (AvgIpc) is 2.81. The van der Waals surface area contributed by atoms with Crippen LogP contribution >= 0.6 is 0 Å². The van der Waals surface area contributed by atoms with E-state index < -0.39 is 0 Å². The first-order valence-electron chi connectivity index (χ1n) is 6.46. The van der Waals surface area contributed by atoms with E-state index in [1.807, 2.05) is 0 Å². The van der Waals surface area contributed by atoms with Gasteiger partial charge < -0.3 is 15.7 Å². The third-order valence-electron chi connectivity index (χ3n) is 3.78. The quantitative estimate of drug-likeness (QED) is 0.653. The molecule has 3 N–H and O–H groups in total. The summed E-state index contributed by atoms with van der Waals surface area (Å²) < 4.78 is 0. The van der Waals surface area contributed by atoms with E-state index in [-0.39, 0.29) is 24.0 Å². The minimum atomic E-state index is -0.217. The Bertz CT molecular complexity index is 239. The molecule has 0 radical (unpaired) electrons. The van der Waals surface area contributed by atoms with E-state index in [0.29, 0.717) is 6.54 Å². The first-order valence-corrected chi connectivity index (χ1v) is 6.46. The predicted molar refractivity (Wildman–Crippen MR) is 62.0 cm³/mol. The van der Waals surface area contributed by atoms with Crippen molar-refractivity contribution in [3.05, 3.63) is 0 Å². The second-order valence-corrected chi connectivity index (χ2v) is 5.01. The summed E-state index contributed by atoms with van der Waals surface area (Å²) >= 11 is 0. The second kappa shape index (κ2) is 5.64. The van der Waals surface area contributed by atoms with E-state index in [0.717, 1.165) is 38.6 Å². The topological polar surface area (TPSA) is 61.4 Å². The zero-order valence-electron chi connectivity index (χ0n) is 9.74. The van der Waals surface area contributed by atoms with E-state index in [9.17, 15) is 9.90 Å². The fourth-order valence-corrected chi connectivity index (χ4v) is 2.69. The van der Waals surface area contributed by atoms with Crippen molar-refractivity contribution >= 4 is 5.91 Å². The summed E-state index contributed by atoms with van der Waals surface area (Å²) in [5.74, 6) is 0.370. The summed E-state index contributed by atoms with van der Waals surface area (Å²) in [6.45, 7) is 1.59. The van der Waals surface area contributed by atoms with Gasteiger partial charge in [-0.15, -0.1) is 0 Å². The molecular formula is C12H22N2O2. The number of rotatable bonds is 3. The van der Waals surface area contributed by atoms with Crippen molar-refractivity contribution in [2.45, 2.75) is 50.7 Å². The van der Waals surface area contributed by atoms with Gasteiger partial charge in [-0.2, -0.15) is 0 Å². The number of hydrogen-bond donors (Lipinski definition) is 3. The van der Waals surface area contributed by atoms with Gasteiger partial charge in [0.15, 0.2) is 0 Å². The van der Waals surface area contributed by atoms with Crippen molar-refractivity contribution in [2.24, 2.45) is 5.92 Å². The minimum absolute atomic E-state index is 0.000679. The number of aliphatic hydroxyl groups excluding tert-OH is 1. The predicted octanol–water partition coefficient (Wildman–Crippen LogP) is 0.406. The molecule has 2 fully saturated rings. The Labute approximate surface area is 96.8 Å². The molecule has 0 aromatic heterocycles. The Morgan fingerprint density at radius 1 is 1.25 bits per heavy atom. The highest BCUT2D eigenvalue weighted by Crippen LogP contribution is 2.23. The second-order valence-electron chi connectivity index (χ2n) is 5.01. The molecule has 92 valence electrons. The largest absolute Gasteiger partial charge is 0.393 e.